The molecule has 10 nitrogen and oxygen atoms in total. The van der Waals surface area contributed by atoms with Crippen LogP contribution in [0.3, 0.4) is 0 Å². The first kappa shape index (κ1) is 30.8. The molecule has 0 saturated carbocycles. The standard InChI is InChI=1S/C16H23N3O2.C14H19N3O2/c1-13(20)19-11-9-15(10-12-19)17(2)18(3)16(21)14-7-5-4-6-8-14;1-11(18)17-9-7-13(8-10-17)15-16-14(19)12-5-3-2-4-6-12/h4-8,15H,9-12H2,1-3H3;2-6,13,15H,7-10H2,1H3,(H,16,19). The summed E-state index contributed by atoms with van der Waals surface area (Å²) in [5, 5.41) is 3.66. The van der Waals surface area contributed by atoms with Gasteiger partial charge in [-0.05, 0) is 49.9 Å². The van der Waals surface area contributed by atoms with Crippen LogP contribution < -0.4 is 10.9 Å². The smallest absolute Gasteiger partial charge is 0.267 e. The summed E-state index contributed by atoms with van der Waals surface area (Å²) in [4.78, 5) is 50.5. The zero-order valence-electron chi connectivity index (χ0n) is 24.0. The van der Waals surface area contributed by atoms with Gasteiger partial charge < -0.3 is 9.80 Å². The molecule has 0 radical (unpaired) electrons. The molecule has 2 aromatic rings. The molecule has 2 aliphatic heterocycles. The monoisotopic (exact) mass is 550 g/mol. The number of hydrazine groups is 2. The summed E-state index contributed by atoms with van der Waals surface area (Å²) >= 11 is 0. The van der Waals surface area contributed by atoms with Crippen LogP contribution in [0.4, 0.5) is 0 Å². The molecule has 0 aromatic heterocycles. The fourth-order valence-electron chi connectivity index (χ4n) is 4.88. The van der Waals surface area contributed by atoms with Crippen LogP contribution in [0.25, 0.3) is 0 Å². The Balaban J connectivity index is 0.000000222. The summed E-state index contributed by atoms with van der Waals surface area (Å²) < 4.78 is 0. The quantitative estimate of drug-likeness (QED) is 0.536. The van der Waals surface area contributed by atoms with Gasteiger partial charge in [0.05, 0.1) is 0 Å². The van der Waals surface area contributed by atoms with E-state index in [0.717, 1.165) is 51.9 Å². The number of piperidine rings is 2. The van der Waals surface area contributed by atoms with Gasteiger partial charge in [0.1, 0.15) is 0 Å². The minimum atomic E-state index is -0.130. The van der Waals surface area contributed by atoms with Crippen molar-refractivity contribution in [3.8, 4) is 0 Å². The minimum absolute atomic E-state index is 0.00732. The number of carbonyl (C=O) groups is 4. The summed E-state index contributed by atoms with van der Waals surface area (Å²) in [7, 11) is 3.74. The number of nitrogens with zero attached hydrogens (tertiary/aromatic N) is 4. The lowest BCUT2D eigenvalue weighted by molar-refractivity contribution is -0.131. The number of hydrogen-bond donors (Lipinski definition) is 2. The van der Waals surface area contributed by atoms with E-state index in [4.69, 9.17) is 0 Å². The molecule has 4 rings (SSSR count). The Morgan fingerprint density at radius 1 is 0.700 bits per heavy atom. The highest BCUT2D eigenvalue weighted by molar-refractivity contribution is 5.94. The van der Waals surface area contributed by atoms with Crippen molar-refractivity contribution >= 4 is 23.6 Å². The van der Waals surface area contributed by atoms with Crippen LogP contribution >= 0.6 is 0 Å². The van der Waals surface area contributed by atoms with Crippen molar-refractivity contribution in [1.82, 2.24) is 30.7 Å². The van der Waals surface area contributed by atoms with Gasteiger partial charge in [0.25, 0.3) is 11.8 Å². The first-order chi connectivity index (χ1) is 19.2. The van der Waals surface area contributed by atoms with Crippen LogP contribution in [-0.4, -0.2) is 95.8 Å². The van der Waals surface area contributed by atoms with Crippen molar-refractivity contribution in [2.75, 3.05) is 40.3 Å². The molecule has 10 heteroatoms. The maximum absolute atomic E-state index is 12.4. The third-order valence-corrected chi connectivity index (χ3v) is 7.59. The van der Waals surface area contributed by atoms with Gasteiger partial charge in [0, 0.05) is 77.3 Å². The second-order valence-electron chi connectivity index (χ2n) is 10.3. The lowest BCUT2D eigenvalue weighted by Gasteiger charge is -2.40. The Hall–Kier alpha value is -3.76. The Morgan fingerprint density at radius 3 is 1.62 bits per heavy atom. The Bertz CT molecular complexity index is 1110. The van der Waals surface area contributed by atoms with E-state index >= 15 is 0 Å². The van der Waals surface area contributed by atoms with Crippen molar-refractivity contribution in [1.29, 1.82) is 0 Å². The molecule has 0 bridgehead atoms. The summed E-state index contributed by atoms with van der Waals surface area (Å²) in [6.45, 7) is 6.21. The molecule has 4 amide bonds. The molecule has 40 heavy (non-hydrogen) atoms. The highest BCUT2D eigenvalue weighted by Crippen LogP contribution is 2.18. The first-order valence-electron chi connectivity index (χ1n) is 13.8. The molecule has 216 valence electrons. The molecule has 0 atom stereocenters. The zero-order chi connectivity index (χ0) is 29.1. The van der Waals surface area contributed by atoms with Gasteiger partial charge in [0.15, 0.2) is 0 Å². The van der Waals surface area contributed by atoms with Gasteiger partial charge in [-0.1, -0.05) is 36.4 Å². The molecule has 2 aliphatic rings. The number of benzene rings is 2. The molecule has 2 heterocycles. The van der Waals surface area contributed by atoms with E-state index in [2.05, 4.69) is 10.9 Å². The van der Waals surface area contributed by atoms with Crippen LogP contribution in [-0.2, 0) is 9.59 Å². The molecule has 0 spiro atoms. The summed E-state index contributed by atoms with van der Waals surface area (Å²) in [6, 6.07) is 18.9. The Kier molecular flexibility index (Phi) is 11.6. The first-order valence-corrected chi connectivity index (χ1v) is 13.8. The summed E-state index contributed by atoms with van der Waals surface area (Å²) in [6.07, 6.45) is 3.49. The average Bonchev–Trinajstić information content (AvgIpc) is 3.00. The fraction of sp³-hybridized carbons (Fsp3) is 0.467. The topological polar surface area (TPSA) is 105 Å². The normalized spacial score (nSPS) is 16.1. The van der Waals surface area contributed by atoms with E-state index in [0.29, 0.717) is 17.2 Å². The van der Waals surface area contributed by atoms with Crippen molar-refractivity contribution in [3.63, 3.8) is 0 Å². The third-order valence-electron chi connectivity index (χ3n) is 7.59. The van der Waals surface area contributed by atoms with Crippen molar-refractivity contribution < 1.29 is 19.2 Å². The van der Waals surface area contributed by atoms with Crippen LogP contribution in [0.1, 0.15) is 60.2 Å². The third kappa shape index (κ3) is 8.89. The number of rotatable bonds is 6. The highest BCUT2D eigenvalue weighted by Gasteiger charge is 2.27. The number of nitrogens with one attached hydrogen (secondary N) is 2. The second-order valence-corrected chi connectivity index (χ2v) is 10.3. The molecule has 0 aliphatic carbocycles. The molecular formula is C30H42N6O4. The van der Waals surface area contributed by atoms with E-state index in [1.165, 1.54) is 0 Å². The zero-order valence-corrected chi connectivity index (χ0v) is 24.0. The second kappa shape index (κ2) is 15.1. The van der Waals surface area contributed by atoms with E-state index in [1.807, 2.05) is 70.4 Å². The molecule has 2 fully saturated rings. The Morgan fingerprint density at radius 2 is 1.15 bits per heavy atom. The van der Waals surface area contributed by atoms with Crippen LogP contribution in [0.15, 0.2) is 60.7 Å². The largest absolute Gasteiger partial charge is 0.343 e. The number of likely N-dealkylation sites (tertiary alicyclic amines) is 2. The van der Waals surface area contributed by atoms with Crippen molar-refractivity contribution in [2.45, 2.75) is 51.6 Å². The fourth-order valence-corrected chi connectivity index (χ4v) is 4.88. The van der Waals surface area contributed by atoms with Gasteiger partial charge in [-0.25, -0.2) is 10.4 Å². The predicted molar refractivity (Wildman–Crippen MR) is 154 cm³/mol. The van der Waals surface area contributed by atoms with Gasteiger partial charge in [-0.15, -0.1) is 0 Å². The number of amides is 4. The number of carbonyl (C=O) groups excluding carboxylic acids is 4. The Labute approximate surface area is 237 Å². The van der Waals surface area contributed by atoms with Gasteiger partial charge in [0.2, 0.25) is 11.8 Å². The molecule has 2 saturated heterocycles. The molecule has 0 unspecified atom stereocenters. The number of hydrogen-bond acceptors (Lipinski definition) is 6. The van der Waals surface area contributed by atoms with Gasteiger partial charge in [-0.3, -0.25) is 29.6 Å². The van der Waals surface area contributed by atoms with E-state index in [-0.39, 0.29) is 29.7 Å². The van der Waals surface area contributed by atoms with Crippen LogP contribution in [0, 0.1) is 0 Å². The molecular weight excluding hydrogens is 508 g/mol. The highest BCUT2D eigenvalue weighted by atomic mass is 16.2. The van der Waals surface area contributed by atoms with Crippen LogP contribution in [0.2, 0.25) is 0 Å². The SMILES string of the molecule is CC(=O)N1CCC(N(C)N(C)C(=O)c2ccccc2)CC1.CC(=O)N1CCC(NNC(=O)c2ccccc2)CC1. The maximum atomic E-state index is 12.4. The molecule has 2 aromatic carbocycles. The molecule has 2 N–H and O–H groups in total. The van der Waals surface area contributed by atoms with Crippen molar-refractivity contribution in [3.05, 3.63) is 71.8 Å². The van der Waals surface area contributed by atoms with Crippen LogP contribution in [0.5, 0.6) is 0 Å². The van der Waals surface area contributed by atoms with Gasteiger partial charge >= 0.3 is 0 Å². The lowest BCUT2D eigenvalue weighted by Crippen LogP contribution is -2.51. The minimum Gasteiger partial charge on any atom is -0.343 e. The van der Waals surface area contributed by atoms with E-state index < -0.39 is 0 Å². The summed E-state index contributed by atoms with van der Waals surface area (Å²) in [5.74, 6) is 0.110. The van der Waals surface area contributed by atoms with Gasteiger partial charge in [-0.2, -0.15) is 0 Å². The average molecular weight is 551 g/mol. The lowest BCUT2D eigenvalue weighted by atomic mass is 10.0. The van der Waals surface area contributed by atoms with E-state index in [1.54, 1.807) is 38.0 Å². The summed E-state index contributed by atoms with van der Waals surface area (Å²) in [5.41, 5.74) is 7.09. The predicted octanol–water partition coefficient (Wildman–Crippen LogP) is 2.55. The van der Waals surface area contributed by atoms with Crippen molar-refractivity contribution in [2.24, 2.45) is 0 Å². The maximum Gasteiger partial charge on any atom is 0.267 e. The van der Waals surface area contributed by atoms with E-state index in [9.17, 15) is 19.2 Å².